The van der Waals surface area contributed by atoms with E-state index in [0.29, 0.717) is 13.1 Å². The summed E-state index contributed by atoms with van der Waals surface area (Å²) in [4.78, 5) is 2.33. The molecule has 0 aromatic rings. The van der Waals surface area contributed by atoms with Crippen LogP contribution in [0.2, 0.25) is 0 Å². The van der Waals surface area contributed by atoms with E-state index in [9.17, 15) is 8.42 Å². The molecule has 0 atom stereocenters. The summed E-state index contributed by atoms with van der Waals surface area (Å²) in [5.74, 6) is 0. The highest BCUT2D eigenvalue weighted by atomic mass is 32.2. The van der Waals surface area contributed by atoms with Crippen LogP contribution in [0.5, 0.6) is 0 Å². The smallest absolute Gasteiger partial charge is 0.281 e. The van der Waals surface area contributed by atoms with Gasteiger partial charge >= 0.3 is 0 Å². The van der Waals surface area contributed by atoms with Crippen LogP contribution in [0, 0.1) is 0 Å². The van der Waals surface area contributed by atoms with Crippen molar-refractivity contribution in [2.75, 3.05) is 60.4 Å². The predicted octanol–water partition coefficient (Wildman–Crippen LogP) is -0.200. The van der Waals surface area contributed by atoms with Crippen LogP contribution in [-0.4, -0.2) is 82.3 Å². The molecule has 0 spiro atoms. The zero-order valence-corrected chi connectivity index (χ0v) is 13.2. The largest absolute Gasteiger partial charge is 0.320 e. The van der Waals surface area contributed by atoms with Crippen molar-refractivity contribution < 1.29 is 8.42 Å². The minimum atomic E-state index is -3.30. The Morgan fingerprint density at radius 3 is 2.26 bits per heavy atom. The second-order valence-electron chi connectivity index (χ2n) is 5.16. The quantitative estimate of drug-likeness (QED) is 0.598. The van der Waals surface area contributed by atoms with Crippen molar-refractivity contribution >= 4 is 10.2 Å². The molecule has 0 aromatic carbocycles. The second kappa shape index (κ2) is 8.16. The van der Waals surface area contributed by atoms with Gasteiger partial charge in [0.25, 0.3) is 10.2 Å². The molecule has 1 aliphatic rings. The van der Waals surface area contributed by atoms with Crippen molar-refractivity contribution in [3.05, 3.63) is 0 Å². The molecule has 0 aromatic heterocycles. The Hall–Kier alpha value is -0.210. The molecular formula is C12H28N4O2S. The van der Waals surface area contributed by atoms with Gasteiger partial charge in [-0.05, 0) is 45.9 Å². The molecular weight excluding hydrogens is 264 g/mol. The van der Waals surface area contributed by atoms with E-state index in [0.717, 1.165) is 32.6 Å². The van der Waals surface area contributed by atoms with Crippen LogP contribution >= 0.6 is 0 Å². The van der Waals surface area contributed by atoms with E-state index < -0.39 is 10.2 Å². The van der Waals surface area contributed by atoms with E-state index in [1.807, 2.05) is 7.05 Å². The zero-order valence-electron chi connectivity index (χ0n) is 12.4. The molecule has 1 heterocycles. The third kappa shape index (κ3) is 5.35. The number of rotatable bonds is 9. The Kier molecular flexibility index (Phi) is 7.23. The van der Waals surface area contributed by atoms with Gasteiger partial charge < -0.3 is 10.2 Å². The van der Waals surface area contributed by atoms with Gasteiger partial charge in [0, 0.05) is 33.7 Å². The lowest BCUT2D eigenvalue weighted by Crippen LogP contribution is -2.43. The molecule has 1 rings (SSSR count). The lowest BCUT2D eigenvalue weighted by atomic mass is 10.4. The van der Waals surface area contributed by atoms with Gasteiger partial charge in [-0.25, -0.2) is 0 Å². The first-order valence-electron chi connectivity index (χ1n) is 7.03. The minimum absolute atomic E-state index is 0.553. The van der Waals surface area contributed by atoms with E-state index in [4.69, 9.17) is 0 Å². The summed E-state index contributed by atoms with van der Waals surface area (Å²) in [5.41, 5.74) is 0. The fraction of sp³-hybridized carbons (Fsp3) is 1.00. The molecule has 1 fully saturated rings. The molecule has 1 aliphatic heterocycles. The zero-order chi connectivity index (χ0) is 14.3. The van der Waals surface area contributed by atoms with Gasteiger partial charge in [-0.15, -0.1) is 0 Å². The van der Waals surface area contributed by atoms with E-state index >= 15 is 0 Å². The molecule has 0 saturated carbocycles. The highest BCUT2D eigenvalue weighted by Gasteiger charge is 2.23. The molecule has 0 amide bonds. The molecule has 0 aliphatic carbocycles. The van der Waals surface area contributed by atoms with Crippen LogP contribution in [0.3, 0.4) is 0 Å². The Morgan fingerprint density at radius 2 is 1.68 bits per heavy atom. The van der Waals surface area contributed by atoms with Gasteiger partial charge in [0.15, 0.2) is 0 Å². The summed E-state index contributed by atoms with van der Waals surface area (Å²) in [6.45, 7) is 4.99. The van der Waals surface area contributed by atoms with Crippen LogP contribution in [0.25, 0.3) is 0 Å². The van der Waals surface area contributed by atoms with Gasteiger partial charge in [0.05, 0.1) is 0 Å². The van der Waals surface area contributed by atoms with E-state index in [2.05, 4.69) is 10.2 Å². The summed E-state index contributed by atoms with van der Waals surface area (Å²) in [5, 5.41) is 3.02. The first kappa shape index (κ1) is 16.8. The summed E-state index contributed by atoms with van der Waals surface area (Å²) < 4.78 is 27.4. The Bertz CT molecular complexity index is 342. The van der Waals surface area contributed by atoms with Crippen molar-refractivity contribution in [1.82, 2.24) is 18.8 Å². The summed E-state index contributed by atoms with van der Waals surface area (Å²) >= 11 is 0. The van der Waals surface area contributed by atoms with Gasteiger partial charge in [0.2, 0.25) is 0 Å². The van der Waals surface area contributed by atoms with Crippen LogP contribution in [0.4, 0.5) is 0 Å². The predicted molar refractivity (Wildman–Crippen MR) is 78.4 cm³/mol. The highest BCUT2D eigenvalue weighted by Crippen LogP contribution is 2.09. The fourth-order valence-electron chi connectivity index (χ4n) is 2.24. The molecule has 19 heavy (non-hydrogen) atoms. The standard InChI is InChI=1S/C12H28N4O2S/c1-13-7-6-8-14(2)19(17,18)15(3)11-12-16-9-4-5-10-16/h13H,4-12H2,1-3H3. The number of nitrogens with zero attached hydrogens (tertiary/aromatic N) is 3. The number of hydrogen-bond donors (Lipinski definition) is 1. The molecule has 0 radical (unpaired) electrons. The van der Waals surface area contributed by atoms with Crippen LogP contribution < -0.4 is 5.32 Å². The van der Waals surface area contributed by atoms with Gasteiger partial charge in [-0.2, -0.15) is 17.0 Å². The average Bonchev–Trinajstić information content (AvgIpc) is 2.89. The third-order valence-corrected chi connectivity index (χ3v) is 5.56. The second-order valence-corrected chi connectivity index (χ2v) is 7.30. The number of nitrogens with one attached hydrogen (secondary N) is 1. The normalized spacial score (nSPS) is 17.7. The maximum atomic E-state index is 12.2. The maximum Gasteiger partial charge on any atom is 0.281 e. The Morgan fingerprint density at radius 1 is 1.11 bits per heavy atom. The molecule has 0 bridgehead atoms. The van der Waals surface area contributed by atoms with Crippen LogP contribution in [0.1, 0.15) is 19.3 Å². The molecule has 1 saturated heterocycles. The van der Waals surface area contributed by atoms with Crippen LogP contribution in [-0.2, 0) is 10.2 Å². The third-order valence-electron chi connectivity index (χ3n) is 3.62. The maximum absolute atomic E-state index is 12.2. The van der Waals surface area contributed by atoms with Crippen molar-refractivity contribution in [3.8, 4) is 0 Å². The molecule has 0 unspecified atom stereocenters. The summed E-state index contributed by atoms with van der Waals surface area (Å²) in [6.07, 6.45) is 3.30. The number of likely N-dealkylation sites (tertiary alicyclic amines) is 1. The molecule has 114 valence electrons. The van der Waals surface area contributed by atoms with Crippen LogP contribution in [0.15, 0.2) is 0 Å². The summed E-state index contributed by atoms with van der Waals surface area (Å²) in [7, 11) is 1.89. The first-order chi connectivity index (χ1) is 8.98. The van der Waals surface area contributed by atoms with E-state index in [1.54, 1.807) is 14.1 Å². The first-order valence-corrected chi connectivity index (χ1v) is 8.42. The van der Waals surface area contributed by atoms with Crippen molar-refractivity contribution in [2.24, 2.45) is 0 Å². The van der Waals surface area contributed by atoms with Gasteiger partial charge in [-0.1, -0.05) is 0 Å². The lowest BCUT2D eigenvalue weighted by molar-refractivity contribution is 0.300. The molecule has 1 N–H and O–H groups in total. The molecule has 7 heteroatoms. The van der Waals surface area contributed by atoms with Crippen molar-refractivity contribution in [2.45, 2.75) is 19.3 Å². The minimum Gasteiger partial charge on any atom is -0.320 e. The van der Waals surface area contributed by atoms with Gasteiger partial charge in [0.1, 0.15) is 0 Å². The van der Waals surface area contributed by atoms with E-state index in [-0.39, 0.29) is 0 Å². The van der Waals surface area contributed by atoms with Gasteiger partial charge in [-0.3, -0.25) is 0 Å². The van der Waals surface area contributed by atoms with E-state index in [1.165, 1.54) is 21.5 Å². The highest BCUT2D eigenvalue weighted by molar-refractivity contribution is 7.86. The topological polar surface area (TPSA) is 55.9 Å². The Labute approximate surface area is 117 Å². The lowest BCUT2D eigenvalue weighted by Gasteiger charge is -2.26. The fourth-order valence-corrected chi connectivity index (χ4v) is 3.38. The SMILES string of the molecule is CNCCCN(C)S(=O)(=O)N(C)CCN1CCCC1. The van der Waals surface area contributed by atoms with Crippen molar-refractivity contribution in [1.29, 1.82) is 0 Å². The average molecular weight is 292 g/mol. The number of likely N-dealkylation sites (N-methyl/N-ethyl adjacent to an activating group) is 1. The monoisotopic (exact) mass is 292 g/mol. The van der Waals surface area contributed by atoms with Crippen molar-refractivity contribution in [3.63, 3.8) is 0 Å². The summed E-state index contributed by atoms with van der Waals surface area (Å²) in [6, 6.07) is 0. The Balaban J connectivity index is 2.36. The molecule has 6 nitrogen and oxygen atoms in total. The number of hydrogen-bond acceptors (Lipinski definition) is 4.